The fourth-order valence-corrected chi connectivity index (χ4v) is 4.60. The minimum absolute atomic E-state index is 0.0302. The summed E-state index contributed by atoms with van der Waals surface area (Å²) in [4.78, 5) is 0. The molecule has 0 bridgehead atoms. The summed E-state index contributed by atoms with van der Waals surface area (Å²) >= 11 is 0. The Morgan fingerprint density at radius 1 is 1.24 bits per heavy atom. The van der Waals surface area contributed by atoms with E-state index in [4.69, 9.17) is 4.74 Å². The highest BCUT2D eigenvalue weighted by atomic mass is 16.5. The van der Waals surface area contributed by atoms with Crippen molar-refractivity contribution >= 4 is 5.69 Å². The molecule has 4 rings (SSSR count). The normalized spacial score (nSPS) is 33.7. The van der Waals surface area contributed by atoms with Crippen molar-refractivity contribution in [3.8, 4) is 0 Å². The molecule has 0 radical (unpaired) electrons. The van der Waals surface area contributed by atoms with Gasteiger partial charge >= 0.3 is 0 Å². The van der Waals surface area contributed by atoms with Gasteiger partial charge in [-0.05, 0) is 36.8 Å². The molecule has 5 atom stereocenters. The number of benzene rings is 1. The van der Waals surface area contributed by atoms with E-state index >= 15 is 0 Å². The van der Waals surface area contributed by atoms with Crippen LogP contribution in [0.25, 0.3) is 0 Å². The van der Waals surface area contributed by atoms with Crippen molar-refractivity contribution in [2.75, 3.05) is 11.9 Å². The maximum Gasteiger partial charge on any atom is 0.0897 e. The molecule has 1 fully saturated rings. The maximum atomic E-state index is 9.63. The fraction of sp³-hybridized carbons (Fsp3) is 0.545. The van der Waals surface area contributed by atoms with E-state index in [1.165, 1.54) is 16.8 Å². The van der Waals surface area contributed by atoms with Crippen LogP contribution in [0, 0.1) is 11.8 Å². The molecule has 2 heterocycles. The molecule has 3 nitrogen and oxygen atoms in total. The molecule has 3 heteroatoms. The molecular formula is C22H29NO2. The van der Waals surface area contributed by atoms with Gasteiger partial charge in [-0.3, -0.25) is 0 Å². The Labute approximate surface area is 150 Å². The van der Waals surface area contributed by atoms with Crippen molar-refractivity contribution in [2.45, 2.75) is 57.3 Å². The number of fused-ring (bicyclic) bond motifs is 3. The standard InChI is InChI=1S/C22H29NO2/c1-14(2)16-8-11-20-19(12-16)22-18(10-9-17(13-24)25-22)21(23-20)15-6-4-3-5-7-15/h3-6,8,11-12,14-15,17-18,21-24H,7,9-10,13H2,1-2H3/t15?,17-,18+,21+,22+/m1/s1. The average Bonchev–Trinajstić information content (AvgIpc) is 2.67. The Morgan fingerprint density at radius 3 is 2.84 bits per heavy atom. The highest BCUT2D eigenvalue weighted by Crippen LogP contribution is 2.48. The summed E-state index contributed by atoms with van der Waals surface area (Å²) in [5.74, 6) is 1.47. The third-order valence-corrected chi connectivity index (χ3v) is 6.06. The zero-order valence-corrected chi connectivity index (χ0v) is 15.2. The van der Waals surface area contributed by atoms with Crippen LogP contribution >= 0.6 is 0 Å². The lowest BCUT2D eigenvalue weighted by Crippen LogP contribution is -2.47. The van der Waals surface area contributed by atoms with Crippen molar-refractivity contribution in [2.24, 2.45) is 11.8 Å². The van der Waals surface area contributed by atoms with Gasteiger partial charge in [-0.25, -0.2) is 0 Å². The Balaban J connectivity index is 1.71. The molecule has 2 N–H and O–H groups in total. The topological polar surface area (TPSA) is 41.5 Å². The van der Waals surface area contributed by atoms with Crippen molar-refractivity contribution in [3.05, 3.63) is 53.6 Å². The molecule has 2 aliphatic heterocycles. The third-order valence-electron chi connectivity index (χ3n) is 6.06. The van der Waals surface area contributed by atoms with E-state index in [-0.39, 0.29) is 18.8 Å². The van der Waals surface area contributed by atoms with E-state index in [9.17, 15) is 5.11 Å². The third kappa shape index (κ3) is 3.16. The van der Waals surface area contributed by atoms with Crippen LogP contribution in [-0.4, -0.2) is 23.9 Å². The molecular weight excluding hydrogens is 310 g/mol. The maximum absolute atomic E-state index is 9.63. The van der Waals surface area contributed by atoms with Crippen LogP contribution in [-0.2, 0) is 4.74 Å². The molecule has 1 aromatic carbocycles. The number of nitrogens with one attached hydrogen (secondary N) is 1. The zero-order valence-electron chi connectivity index (χ0n) is 15.2. The lowest BCUT2D eigenvalue weighted by atomic mass is 9.72. The van der Waals surface area contributed by atoms with Crippen LogP contribution < -0.4 is 5.32 Å². The van der Waals surface area contributed by atoms with Crippen LogP contribution in [0.1, 0.15) is 56.3 Å². The van der Waals surface area contributed by atoms with Gasteiger partial charge in [0.05, 0.1) is 18.8 Å². The second kappa shape index (κ2) is 6.97. The highest BCUT2D eigenvalue weighted by Gasteiger charge is 2.43. The zero-order chi connectivity index (χ0) is 17.4. The van der Waals surface area contributed by atoms with E-state index in [1.807, 2.05) is 0 Å². The van der Waals surface area contributed by atoms with Crippen LogP contribution in [0.3, 0.4) is 0 Å². The number of hydrogen-bond donors (Lipinski definition) is 2. The lowest BCUT2D eigenvalue weighted by molar-refractivity contribution is -0.112. The molecule has 134 valence electrons. The number of allylic oxidation sites excluding steroid dienone is 3. The van der Waals surface area contributed by atoms with Gasteiger partial charge in [0.25, 0.3) is 0 Å². The second-order valence-corrected chi connectivity index (χ2v) is 7.99. The van der Waals surface area contributed by atoms with E-state index < -0.39 is 0 Å². The van der Waals surface area contributed by atoms with Gasteiger partial charge < -0.3 is 15.2 Å². The molecule has 0 spiro atoms. The number of aliphatic hydroxyl groups excluding tert-OH is 1. The number of aliphatic hydroxyl groups is 1. The summed E-state index contributed by atoms with van der Waals surface area (Å²) < 4.78 is 6.39. The molecule has 0 saturated carbocycles. The largest absolute Gasteiger partial charge is 0.394 e. The summed E-state index contributed by atoms with van der Waals surface area (Å²) in [6.45, 7) is 4.58. The van der Waals surface area contributed by atoms with Gasteiger partial charge in [0.2, 0.25) is 0 Å². The highest BCUT2D eigenvalue weighted by molar-refractivity contribution is 5.58. The molecule has 25 heavy (non-hydrogen) atoms. The summed E-state index contributed by atoms with van der Waals surface area (Å²) in [6.07, 6.45) is 12.1. The quantitative estimate of drug-likeness (QED) is 0.848. The smallest absolute Gasteiger partial charge is 0.0897 e. The van der Waals surface area contributed by atoms with E-state index in [0.717, 1.165) is 19.3 Å². The predicted octanol–water partition coefficient (Wildman–Crippen LogP) is 4.57. The molecule has 1 aromatic rings. The van der Waals surface area contributed by atoms with Gasteiger partial charge in [0.15, 0.2) is 0 Å². The molecule has 0 amide bonds. The second-order valence-electron chi connectivity index (χ2n) is 7.99. The first-order chi connectivity index (χ1) is 12.2. The Hall–Kier alpha value is -1.58. The van der Waals surface area contributed by atoms with Crippen LogP contribution in [0.15, 0.2) is 42.5 Å². The van der Waals surface area contributed by atoms with E-state index in [1.54, 1.807) is 0 Å². The first-order valence-electron chi connectivity index (χ1n) is 9.67. The number of anilines is 1. The molecule has 3 aliphatic rings. The van der Waals surface area contributed by atoms with E-state index in [0.29, 0.717) is 23.8 Å². The van der Waals surface area contributed by atoms with Crippen molar-refractivity contribution in [3.63, 3.8) is 0 Å². The lowest BCUT2D eigenvalue weighted by Gasteiger charge is -2.47. The Morgan fingerprint density at radius 2 is 2.12 bits per heavy atom. The molecule has 1 unspecified atom stereocenters. The molecule has 1 saturated heterocycles. The van der Waals surface area contributed by atoms with Crippen molar-refractivity contribution in [1.82, 2.24) is 0 Å². The van der Waals surface area contributed by atoms with Crippen LogP contribution in [0.2, 0.25) is 0 Å². The summed E-state index contributed by atoms with van der Waals surface area (Å²) in [5.41, 5.74) is 3.84. The van der Waals surface area contributed by atoms with Gasteiger partial charge in [-0.2, -0.15) is 0 Å². The van der Waals surface area contributed by atoms with Crippen molar-refractivity contribution < 1.29 is 9.84 Å². The number of rotatable bonds is 3. The van der Waals surface area contributed by atoms with Crippen LogP contribution in [0.5, 0.6) is 0 Å². The summed E-state index contributed by atoms with van der Waals surface area (Å²) in [6, 6.07) is 7.17. The summed E-state index contributed by atoms with van der Waals surface area (Å²) in [5, 5.41) is 13.5. The van der Waals surface area contributed by atoms with Crippen LogP contribution in [0.4, 0.5) is 5.69 Å². The fourth-order valence-electron chi connectivity index (χ4n) is 4.60. The monoisotopic (exact) mass is 339 g/mol. The Kier molecular flexibility index (Phi) is 4.70. The first-order valence-corrected chi connectivity index (χ1v) is 9.67. The molecule has 0 aromatic heterocycles. The SMILES string of the molecule is CC(C)c1ccc2c(c1)[C@H]1O[C@@H](CO)CC[C@H]1[C@H](C1C=CC=CC1)N2. The van der Waals surface area contributed by atoms with Gasteiger partial charge in [0.1, 0.15) is 0 Å². The van der Waals surface area contributed by atoms with Gasteiger partial charge in [0, 0.05) is 29.1 Å². The van der Waals surface area contributed by atoms with Crippen molar-refractivity contribution in [1.29, 1.82) is 0 Å². The number of ether oxygens (including phenoxy) is 1. The van der Waals surface area contributed by atoms with Gasteiger partial charge in [-0.15, -0.1) is 0 Å². The first kappa shape index (κ1) is 16.9. The van der Waals surface area contributed by atoms with E-state index in [2.05, 4.69) is 61.7 Å². The Bertz CT molecular complexity index is 679. The summed E-state index contributed by atoms with van der Waals surface area (Å²) in [7, 11) is 0. The minimum atomic E-state index is -0.0302. The number of hydrogen-bond acceptors (Lipinski definition) is 3. The predicted molar refractivity (Wildman–Crippen MR) is 102 cm³/mol. The molecule has 1 aliphatic carbocycles. The average molecular weight is 339 g/mol. The van der Waals surface area contributed by atoms with Gasteiger partial charge in [-0.1, -0.05) is 50.3 Å². The minimum Gasteiger partial charge on any atom is -0.394 e.